The van der Waals surface area contributed by atoms with Crippen LogP contribution in [0.2, 0.25) is 0 Å². The van der Waals surface area contributed by atoms with Gasteiger partial charge >= 0.3 is 0 Å². The summed E-state index contributed by atoms with van der Waals surface area (Å²) < 4.78 is 0.880. The molecule has 1 atom stereocenters. The van der Waals surface area contributed by atoms with Gasteiger partial charge in [-0.2, -0.15) is 0 Å². The molecule has 1 aromatic rings. The number of hydrogen-bond acceptors (Lipinski definition) is 1. The van der Waals surface area contributed by atoms with Gasteiger partial charge in [0.05, 0.1) is 5.56 Å². The second kappa shape index (κ2) is 5.36. The average molecular weight is 362 g/mol. The first-order valence-corrected chi connectivity index (χ1v) is 9.40. The van der Waals surface area contributed by atoms with Gasteiger partial charge in [0, 0.05) is 10.5 Å². The molecule has 4 fully saturated rings. The molecule has 0 spiro atoms. The minimum Gasteiger partial charge on any atom is -0.349 e. The molecule has 1 unspecified atom stereocenters. The Morgan fingerprint density at radius 3 is 2.23 bits per heavy atom. The molecule has 4 bridgehead atoms. The monoisotopic (exact) mass is 361 g/mol. The lowest BCUT2D eigenvalue weighted by Crippen LogP contribution is -2.55. The van der Waals surface area contributed by atoms with E-state index in [4.69, 9.17) is 0 Å². The van der Waals surface area contributed by atoms with Gasteiger partial charge in [-0.05, 0) is 96.7 Å². The maximum absolute atomic E-state index is 12.6. The van der Waals surface area contributed by atoms with Crippen LogP contribution in [0.4, 0.5) is 0 Å². The number of carbonyl (C=O) groups excluding carboxylic acids is 1. The zero-order valence-corrected chi connectivity index (χ0v) is 14.7. The molecule has 5 rings (SSSR count). The van der Waals surface area contributed by atoms with Crippen molar-refractivity contribution in [3.63, 3.8) is 0 Å². The lowest BCUT2D eigenvalue weighted by molar-refractivity contribution is -0.0688. The fourth-order valence-corrected chi connectivity index (χ4v) is 6.25. The van der Waals surface area contributed by atoms with E-state index in [2.05, 4.69) is 28.2 Å². The van der Waals surface area contributed by atoms with Crippen LogP contribution in [0.1, 0.15) is 55.8 Å². The van der Waals surface area contributed by atoms with Crippen molar-refractivity contribution in [2.24, 2.45) is 23.2 Å². The fourth-order valence-electron chi connectivity index (χ4n) is 5.78. The third-order valence-electron chi connectivity index (χ3n) is 6.47. The van der Waals surface area contributed by atoms with Crippen molar-refractivity contribution in [2.45, 2.75) is 51.5 Å². The van der Waals surface area contributed by atoms with Crippen LogP contribution in [0.5, 0.6) is 0 Å². The maximum Gasteiger partial charge on any atom is 0.252 e. The highest BCUT2D eigenvalue weighted by atomic mass is 79.9. The number of carbonyl (C=O) groups is 1. The average Bonchev–Trinajstić information content (AvgIpc) is 2.46. The summed E-state index contributed by atoms with van der Waals surface area (Å²) in [5.41, 5.74) is 1.12. The molecule has 22 heavy (non-hydrogen) atoms. The van der Waals surface area contributed by atoms with Crippen molar-refractivity contribution >= 4 is 21.8 Å². The van der Waals surface area contributed by atoms with Gasteiger partial charge in [-0.3, -0.25) is 4.79 Å². The molecular formula is C19H24BrNO. The zero-order valence-electron chi connectivity index (χ0n) is 13.1. The van der Waals surface area contributed by atoms with Crippen LogP contribution >= 0.6 is 15.9 Å². The van der Waals surface area contributed by atoms with Gasteiger partial charge < -0.3 is 5.32 Å². The predicted molar refractivity (Wildman–Crippen MR) is 91.7 cm³/mol. The highest BCUT2D eigenvalue weighted by Gasteiger charge is 2.53. The van der Waals surface area contributed by atoms with Crippen LogP contribution < -0.4 is 5.32 Å². The Morgan fingerprint density at radius 1 is 1.14 bits per heavy atom. The van der Waals surface area contributed by atoms with Crippen molar-refractivity contribution in [3.8, 4) is 0 Å². The molecular weight excluding hydrogens is 338 g/mol. The Labute approximate surface area is 141 Å². The lowest BCUT2D eigenvalue weighted by Gasteiger charge is -2.59. The molecule has 4 saturated carbocycles. The van der Waals surface area contributed by atoms with Gasteiger partial charge in [0.2, 0.25) is 0 Å². The van der Waals surface area contributed by atoms with E-state index in [1.54, 1.807) is 0 Å². The molecule has 1 amide bonds. The number of amides is 1. The maximum atomic E-state index is 12.6. The predicted octanol–water partition coefficient (Wildman–Crippen LogP) is 4.78. The summed E-state index contributed by atoms with van der Waals surface area (Å²) >= 11 is 3.49. The molecule has 4 aliphatic carbocycles. The summed E-state index contributed by atoms with van der Waals surface area (Å²) in [5.74, 6) is 2.84. The normalized spacial score (nSPS) is 37.1. The summed E-state index contributed by atoms with van der Waals surface area (Å²) in [6.45, 7) is 2.24. The molecule has 0 heterocycles. The zero-order chi connectivity index (χ0) is 15.3. The molecule has 1 aromatic carbocycles. The van der Waals surface area contributed by atoms with E-state index in [1.807, 2.05) is 24.3 Å². The van der Waals surface area contributed by atoms with E-state index < -0.39 is 0 Å². The fraction of sp³-hybridized carbons (Fsp3) is 0.632. The van der Waals surface area contributed by atoms with Crippen LogP contribution in [0.25, 0.3) is 0 Å². The van der Waals surface area contributed by atoms with E-state index in [0.29, 0.717) is 5.41 Å². The molecule has 1 N–H and O–H groups in total. The Bertz CT molecular complexity index is 562. The van der Waals surface area contributed by atoms with Gasteiger partial charge in [-0.25, -0.2) is 0 Å². The topological polar surface area (TPSA) is 29.1 Å². The van der Waals surface area contributed by atoms with Crippen LogP contribution in [0, 0.1) is 23.2 Å². The second-order valence-corrected chi connectivity index (χ2v) is 8.81. The first-order chi connectivity index (χ1) is 10.6. The lowest BCUT2D eigenvalue weighted by atomic mass is 9.48. The highest BCUT2D eigenvalue weighted by molar-refractivity contribution is 9.10. The van der Waals surface area contributed by atoms with Crippen LogP contribution in [-0.2, 0) is 0 Å². The molecule has 2 nitrogen and oxygen atoms in total. The van der Waals surface area contributed by atoms with Gasteiger partial charge in [-0.1, -0.05) is 12.1 Å². The molecule has 118 valence electrons. The van der Waals surface area contributed by atoms with Gasteiger partial charge in [-0.15, -0.1) is 0 Å². The highest BCUT2D eigenvalue weighted by Crippen LogP contribution is 2.61. The van der Waals surface area contributed by atoms with E-state index >= 15 is 0 Å². The summed E-state index contributed by atoms with van der Waals surface area (Å²) in [5, 5.41) is 3.33. The number of halogens is 1. The van der Waals surface area contributed by atoms with Crippen LogP contribution in [0.15, 0.2) is 28.7 Å². The third-order valence-corrected chi connectivity index (χ3v) is 7.16. The van der Waals surface area contributed by atoms with Gasteiger partial charge in [0.1, 0.15) is 0 Å². The molecule has 0 saturated heterocycles. The molecule has 4 aliphatic rings. The van der Waals surface area contributed by atoms with E-state index in [0.717, 1.165) is 27.8 Å². The summed E-state index contributed by atoms with van der Waals surface area (Å²) in [6.07, 6.45) is 8.33. The number of benzene rings is 1. The molecule has 0 radical (unpaired) electrons. The minimum atomic E-state index is 0.0655. The number of nitrogens with one attached hydrogen (secondary N) is 1. The Hall–Kier alpha value is -0.830. The van der Waals surface area contributed by atoms with Crippen molar-refractivity contribution in [1.82, 2.24) is 5.32 Å². The first-order valence-electron chi connectivity index (χ1n) is 8.61. The van der Waals surface area contributed by atoms with Crippen molar-refractivity contribution in [1.29, 1.82) is 0 Å². The quantitative estimate of drug-likeness (QED) is 0.824. The van der Waals surface area contributed by atoms with Crippen LogP contribution in [-0.4, -0.2) is 11.9 Å². The number of rotatable bonds is 3. The largest absolute Gasteiger partial charge is 0.349 e. The number of hydrogen-bond donors (Lipinski definition) is 1. The standard InChI is InChI=1S/C19H24BrNO/c1-12(21-18(22)16-4-2-3-5-17(16)20)19-9-13-6-14(10-19)8-15(7-13)11-19/h2-5,12-15H,6-11H2,1H3,(H,21,22). The van der Waals surface area contributed by atoms with E-state index in [1.165, 1.54) is 38.5 Å². The minimum absolute atomic E-state index is 0.0655. The Balaban J connectivity index is 1.52. The van der Waals surface area contributed by atoms with Crippen molar-refractivity contribution in [2.75, 3.05) is 0 Å². The molecule has 3 heteroatoms. The molecule has 0 aromatic heterocycles. The smallest absolute Gasteiger partial charge is 0.252 e. The second-order valence-electron chi connectivity index (χ2n) is 7.95. The first kappa shape index (κ1) is 14.7. The van der Waals surface area contributed by atoms with Gasteiger partial charge in [0.15, 0.2) is 0 Å². The summed E-state index contributed by atoms with van der Waals surface area (Å²) in [6, 6.07) is 7.98. The van der Waals surface area contributed by atoms with E-state index in [9.17, 15) is 4.79 Å². The third kappa shape index (κ3) is 2.42. The van der Waals surface area contributed by atoms with Gasteiger partial charge in [0.25, 0.3) is 5.91 Å². The van der Waals surface area contributed by atoms with E-state index in [-0.39, 0.29) is 11.9 Å². The Kier molecular flexibility index (Phi) is 3.60. The van der Waals surface area contributed by atoms with Crippen molar-refractivity contribution < 1.29 is 4.79 Å². The molecule has 0 aliphatic heterocycles. The summed E-state index contributed by atoms with van der Waals surface area (Å²) in [4.78, 5) is 12.6. The summed E-state index contributed by atoms with van der Waals surface area (Å²) in [7, 11) is 0. The Morgan fingerprint density at radius 2 is 1.68 bits per heavy atom. The van der Waals surface area contributed by atoms with Crippen LogP contribution in [0.3, 0.4) is 0 Å². The SMILES string of the molecule is CC(NC(=O)c1ccccc1Br)C12CC3CC(CC(C3)C1)C2. The van der Waals surface area contributed by atoms with Crippen molar-refractivity contribution in [3.05, 3.63) is 34.3 Å².